The van der Waals surface area contributed by atoms with Crippen molar-refractivity contribution in [3.8, 4) is 0 Å². The van der Waals surface area contributed by atoms with E-state index in [-0.39, 0.29) is 11.6 Å². The fourth-order valence-corrected chi connectivity index (χ4v) is 8.48. The lowest BCUT2D eigenvalue weighted by molar-refractivity contribution is -0.113. The van der Waals surface area contributed by atoms with E-state index in [1.54, 1.807) is 48.5 Å². The molecule has 0 aromatic heterocycles. The van der Waals surface area contributed by atoms with Crippen LogP contribution in [0.1, 0.15) is 10.4 Å². The van der Waals surface area contributed by atoms with Crippen LogP contribution in [0.15, 0.2) is 157 Å². The maximum Gasteiger partial charge on any atom is 0.275 e. The summed E-state index contributed by atoms with van der Waals surface area (Å²) in [6.07, 6.45) is 0. The number of halogens is 1. The molecule has 5 aromatic carbocycles. The molecule has 4 nitrogen and oxygen atoms in total. The predicted molar refractivity (Wildman–Crippen MR) is 167 cm³/mol. The first-order chi connectivity index (χ1) is 19.6. The van der Waals surface area contributed by atoms with Crippen LogP contribution in [0.5, 0.6) is 0 Å². The van der Waals surface area contributed by atoms with E-state index >= 15 is 0 Å². The predicted octanol–water partition coefficient (Wildman–Crippen LogP) is 6.54. The van der Waals surface area contributed by atoms with Crippen molar-refractivity contribution < 1.29 is 9.59 Å². The molecule has 0 aliphatic carbocycles. The number of nitrogens with one attached hydrogen (secondary N) is 2. The van der Waals surface area contributed by atoms with E-state index in [4.69, 9.17) is 11.6 Å². The summed E-state index contributed by atoms with van der Waals surface area (Å²) in [5.74, 6) is 1.16. The zero-order valence-corrected chi connectivity index (χ0v) is 23.2. The smallest absolute Gasteiger partial charge is 0.275 e. The average molecular weight is 562 g/mol. The number of hydrogen-bond donors (Lipinski definition) is 2. The second kappa shape index (κ2) is 12.6. The molecule has 2 amide bonds. The highest BCUT2D eigenvalue weighted by Gasteiger charge is 2.45. The molecule has 0 atom stereocenters. The number of benzene rings is 5. The van der Waals surface area contributed by atoms with Gasteiger partial charge in [-0.2, -0.15) is 0 Å². The number of carbonyl (C=O) groups is 2. The minimum absolute atomic E-state index is 0.161. The molecule has 5 aromatic rings. The molecule has 0 aliphatic rings. The molecule has 6 heteroatoms. The lowest BCUT2D eigenvalue weighted by atomic mass is 10.2. The van der Waals surface area contributed by atoms with Gasteiger partial charge in [0.05, 0.1) is 0 Å². The number of hydrogen-bond acceptors (Lipinski definition) is 2. The number of rotatable bonds is 8. The Hall–Kier alpha value is -4.50. The van der Waals surface area contributed by atoms with Crippen LogP contribution in [0.4, 0.5) is 5.69 Å². The van der Waals surface area contributed by atoms with E-state index in [1.165, 1.54) is 0 Å². The Morgan fingerprint density at radius 1 is 0.575 bits per heavy atom. The highest BCUT2D eigenvalue weighted by Crippen LogP contribution is 2.57. The second-order valence-corrected chi connectivity index (χ2v) is 12.7. The lowest BCUT2D eigenvalue weighted by Gasteiger charge is -2.25. The minimum Gasteiger partial charge on any atom is -0.321 e. The fourth-order valence-electron chi connectivity index (χ4n) is 4.52. The Balaban J connectivity index is 1.72. The van der Waals surface area contributed by atoms with Crippen LogP contribution in [0, 0.1) is 0 Å². The van der Waals surface area contributed by atoms with E-state index in [1.807, 2.05) is 66.5 Å². The zero-order chi connectivity index (χ0) is 27.8. The maximum absolute atomic E-state index is 13.9. The molecule has 0 radical (unpaired) electrons. The first-order valence-electron chi connectivity index (χ1n) is 12.8. The van der Waals surface area contributed by atoms with E-state index in [0.29, 0.717) is 16.3 Å². The van der Waals surface area contributed by atoms with Gasteiger partial charge < -0.3 is 10.6 Å². The zero-order valence-electron chi connectivity index (χ0n) is 21.6. The Kier molecular flexibility index (Phi) is 8.51. The van der Waals surface area contributed by atoms with Crippen LogP contribution in [0.3, 0.4) is 0 Å². The van der Waals surface area contributed by atoms with Gasteiger partial charge in [0.2, 0.25) is 0 Å². The number of carbonyl (C=O) groups excluding carboxylic acids is 2. The van der Waals surface area contributed by atoms with Gasteiger partial charge in [0.25, 0.3) is 11.8 Å². The molecular weight excluding hydrogens is 535 g/mol. The number of amides is 2. The molecule has 0 bridgehead atoms. The van der Waals surface area contributed by atoms with Gasteiger partial charge in [-0.05, 0) is 72.8 Å². The van der Waals surface area contributed by atoms with Gasteiger partial charge in [0, 0.05) is 16.3 Å². The van der Waals surface area contributed by atoms with E-state index in [9.17, 15) is 9.59 Å². The van der Waals surface area contributed by atoms with Crippen molar-refractivity contribution in [2.75, 3.05) is 5.32 Å². The standard InChI is InChI=1S/C34H26ClN2O2P/c35-27-21-23-28(24-22-27)36-34(39)32(37-33(38)26-13-5-1-6-14-26)25-40(29-15-7-2-8-16-29,30-17-9-3-10-18-30)31-19-11-4-12-20-31/h1-25H,(H-,36,37,38,39)/p+1/b32-25+. The summed E-state index contributed by atoms with van der Waals surface area (Å²) < 4.78 is 0. The van der Waals surface area contributed by atoms with Crippen molar-refractivity contribution >= 4 is 52.3 Å². The van der Waals surface area contributed by atoms with Crippen LogP contribution < -0.4 is 26.5 Å². The molecule has 0 saturated heterocycles. The van der Waals surface area contributed by atoms with Crippen LogP contribution in [0.25, 0.3) is 0 Å². The summed E-state index contributed by atoms with van der Waals surface area (Å²) in [4.78, 5) is 27.3. The molecule has 0 spiro atoms. The Labute approximate surface area is 239 Å². The summed E-state index contributed by atoms with van der Waals surface area (Å²) in [5, 5.41) is 9.61. The summed E-state index contributed by atoms with van der Waals surface area (Å²) >= 11 is 6.06. The third kappa shape index (κ3) is 6.05. The van der Waals surface area contributed by atoms with Gasteiger partial charge in [-0.25, -0.2) is 0 Å². The maximum atomic E-state index is 13.9. The van der Waals surface area contributed by atoms with Crippen molar-refractivity contribution in [1.82, 2.24) is 5.32 Å². The minimum atomic E-state index is -2.58. The van der Waals surface area contributed by atoms with Gasteiger partial charge in [0.1, 0.15) is 34.7 Å². The van der Waals surface area contributed by atoms with Crippen molar-refractivity contribution in [1.29, 1.82) is 0 Å². The molecule has 40 heavy (non-hydrogen) atoms. The van der Waals surface area contributed by atoms with Gasteiger partial charge in [0.15, 0.2) is 0 Å². The summed E-state index contributed by atoms with van der Waals surface area (Å²) in [6, 6.07) is 46.2. The lowest BCUT2D eigenvalue weighted by Crippen LogP contribution is -2.35. The Morgan fingerprint density at radius 3 is 1.45 bits per heavy atom. The summed E-state index contributed by atoms with van der Waals surface area (Å²) in [5.41, 5.74) is 1.18. The SMILES string of the molecule is O=C(Nc1ccc(Cl)cc1)/C(=C\[P+](c1ccccc1)(c1ccccc1)c1ccccc1)NC(=O)c1ccccc1. The van der Waals surface area contributed by atoms with Gasteiger partial charge >= 0.3 is 0 Å². The van der Waals surface area contributed by atoms with Crippen molar-refractivity contribution in [2.45, 2.75) is 0 Å². The molecule has 0 unspecified atom stereocenters. The molecule has 196 valence electrons. The monoisotopic (exact) mass is 561 g/mol. The third-order valence-corrected chi connectivity index (χ3v) is 10.7. The van der Waals surface area contributed by atoms with Crippen LogP contribution in [-0.2, 0) is 4.79 Å². The summed E-state index contributed by atoms with van der Waals surface area (Å²) in [7, 11) is -2.58. The Morgan fingerprint density at radius 2 is 1.00 bits per heavy atom. The highest BCUT2D eigenvalue weighted by atomic mass is 35.5. The van der Waals surface area contributed by atoms with E-state index in [0.717, 1.165) is 15.9 Å². The Bertz CT molecular complexity index is 1510. The fraction of sp³-hybridized carbons (Fsp3) is 0. The number of anilines is 1. The van der Waals surface area contributed by atoms with Crippen molar-refractivity contribution in [3.63, 3.8) is 0 Å². The second-order valence-electron chi connectivity index (χ2n) is 9.05. The third-order valence-electron chi connectivity index (χ3n) is 6.44. The van der Waals surface area contributed by atoms with E-state index < -0.39 is 13.2 Å². The normalized spacial score (nSPS) is 11.5. The first kappa shape index (κ1) is 27.1. The summed E-state index contributed by atoms with van der Waals surface area (Å²) in [6.45, 7) is 0. The molecule has 0 fully saturated rings. The highest BCUT2D eigenvalue weighted by molar-refractivity contribution is 7.98. The average Bonchev–Trinajstić information content (AvgIpc) is 3.02. The first-order valence-corrected chi connectivity index (χ1v) is 15.0. The van der Waals surface area contributed by atoms with E-state index in [2.05, 4.69) is 47.0 Å². The molecule has 0 aliphatic heterocycles. The molecule has 2 N–H and O–H groups in total. The van der Waals surface area contributed by atoms with Gasteiger partial charge in [-0.15, -0.1) is 0 Å². The van der Waals surface area contributed by atoms with Crippen molar-refractivity contribution in [2.24, 2.45) is 0 Å². The topological polar surface area (TPSA) is 58.2 Å². The molecule has 0 heterocycles. The molecule has 0 saturated carbocycles. The molecular formula is C34H27ClN2O2P+. The van der Waals surface area contributed by atoms with Crippen LogP contribution >= 0.6 is 18.9 Å². The van der Waals surface area contributed by atoms with Crippen LogP contribution in [-0.4, -0.2) is 11.8 Å². The van der Waals surface area contributed by atoms with Gasteiger partial charge in [-0.3, -0.25) is 9.59 Å². The molecule has 5 rings (SSSR count). The quantitative estimate of drug-likeness (QED) is 0.167. The van der Waals surface area contributed by atoms with Crippen LogP contribution in [0.2, 0.25) is 5.02 Å². The van der Waals surface area contributed by atoms with Gasteiger partial charge in [-0.1, -0.05) is 84.4 Å². The van der Waals surface area contributed by atoms with Crippen molar-refractivity contribution in [3.05, 3.63) is 168 Å². The largest absolute Gasteiger partial charge is 0.321 e.